The molecule has 0 fully saturated rings. The van der Waals surface area contributed by atoms with Gasteiger partial charge in [-0.2, -0.15) is 0 Å². The van der Waals surface area contributed by atoms with Gasteiger partial charge in [0.05, 0.1) is 0 Å². The Hall–Kier alpha value is -2.37. The van der Waals surface area contributed by atoms with Crippen LogP contribution in [0.3, 0.4) is 0 Å². The molecule has 0 aliphatic heterocycles. The minimum absolute atomic E-state index is 0.0294. The van der Waals surface area contributed by atoms with E-state index in [4.69, 9.17) is 14.9 Å². The zero-order valence-electron chi connectivity index (χ0n) is 16.5. The van der Waals surface area contributed by atoms with Gasteiger partial charge in [-0.1, -0.05) is 39.5 Å². The van der Waals surface area contributed by atoms with Gasteiger partial charge < -0.3 is 14.9 Å². The molecule has 6 nitrogen and oxygen atoms in total. The standard InChI is InChI=1S/2C7H12O2.C5H8O2/c1-7(2,3)5-4-6(8)9;1-5-6(8)9-7(2,3)4;1-3-4(2)5(6)7/h4-5H,1-3H3,(H,8,9);5H,1H2,2-4H3;3H,1-2H3,(H,6,7). The Bertz CT molecular complexity index is 499. The van der Waals surface area contributed by atoms with Gasteiger partial charge in [0.1, 0.15) is 5.60 Å². The maximum absolute atomic E-state index is 10.5. The number of hydrogen-bond acceptors (Lipinski definition) is 4. The molecular weight excluding hydrogens is 324 g/mol. The molecule has 0 radical (unpaired) electrons. The summed E-state index contributed by atoms with van der Waals surface area (Å²) >= 11 is 0. The first-order valence-corrected chi connectivity index (χ1v) is 7.69. The largest absolute Gasteiger partial charge is 0.478 e. The minimum Gasteiger partial charge on any atom is -0.478 e. The van der Waals surface area contributed by atoms with E-state index in [-0.39, 0.29) is 11.4 Å². The van der Waals surface area contributed by atoms with E-state index in [9.17, 15) is 14.4 Å². The fourth-order valence-corrected chi connectivity index (χ4v) is 0.788. The second-order valence-electron chi connectivity index (χ2n) is 7.05. The number of ether oxygens (including phenoxy) is 1. The van der Waals surface area contributed by atoms with Crippen LogP contribution in [0.2, 0.25) is 0 Å². The molecule has 0 aromatic carbocycles. The van der Waals surface area contributed by atoms with Gasteiger partial charge in [0, 0.05) is 17.7 Å². The molecule has 6 heteroatoms. The smallest absolute Gasteiger partial charge is 0.330 e. The van der Waals surface area contributed by atoms with Gasteiger partial charge in [0.25, 0.3) is 0 Å². The van der Waals surface area contributed by atoms with E-state index in [1.807, 2.05) is 41.5 Å². The van der Waals surface area contributed by atoms with E-state index in [0.717, 1.165) is 6.08 Å². The van der Waals surface area contributed by atoms with Crippen molar-refractivity contribution in [2.24, 2.45) is 5.41 Å². The number of carbonyl (C=O) groups excluding carboxylic acids is 1. The lowest BCUT2D eigenvalue weighted by Crippen LogP contribution is -2.22. The summed E-state index contributed by atoms with van der Waals surface area (Å²) < 4.78 is 4.83. The second kappa shape index (κ2) is 13.0. The molecule has 0 unspecified atom stereocenters. The first-order chi connectivity index (χ1) is 11.1. The molecule has 0 saturated heterocycles. The summed E-state index contributed by atoms with van der Waals surface area (Å²) in [5.74, 6) is -2.10. The van der Waals surface area contributed by atoms with Crippen molar-refractivity contribution < 1.29 is 29.3 Å². The maximum atomic E-state index is 10.5. The van der Waals surface area contributed by atoms with Crippen molar-refractivity contribution in [2.45, 2.75) is 61.0 Å². The van der Waals surface area contributed by atoms with Gasteiger partial charge in [-0.05, 0) is 40.0 Å². The third-order valence-electron chi connectivity index (χ3n) is 2.07. The first-order valence-electron chi connectivity index (χ1n) is 7.69. The molecule has 0 aliphatic rings. The zero-order valence-corrected chi connectivity index (χ0v) is 16.5. The molecule has 144 valence electrons. The quantitative estimate of drug-likeness (QED) is 0.580. The number of rotatable bonds is 3. The maximum Gasteiger partial charge on any atom is 0.330 e. The van der Waals surface area contributed by atoms with Gasteiger partial charge >= 0.3 is 17.9 Å². The van der Waals surface area contributed by atoms with Crippen LogP contribution >= 0.6 is 0 Å². The Kier molecular flexibility index (Phi) is 14.3. The summed E-state index contributed by atoms with van der Waals surface area (Å²) in [5, 5.41) is 16.3. The number of carbonyl (C=O) groups is 3. The average molecular weight is 356 g/mol. The Morgan fingerprint density at radius 1 is 1.00 bits per heavy atom. The lowest BCUT2D eigenvalue weighted by atomic mass is 9.96. The van der Waals surface area contributed by atoms with Crippen LogP contribution in [0.4, 0.5) is 0 Å². The zero-order chi connectivity index (χ0) is 20.8. The molecule has 0 amide bonds. The van der Waals surface area contributed by atoms with Crippen LogP contribution in [0.25, 0.3) is 0 Å². The third kappa shape index (κ3) is 30.1. The predicted molar refractivity (Wildman–Crippen MR) is 99.3 cm³/mol. The highest BCUT2D eigenvalue weighted by atomic mass is 16.6. The Morgan fingerprint density at radius 3 is 1.52 bits per heavy atom. The summed E-state index contributed by atoms with van der Waals surface area (Å²) in [5.41, 5.74) is -0.0380. The Labute approximate surface area is 150 Å². The SMILES string of the molecule is C=CC(=O)OC(C)(C)C.CC(C)(C)C=CC(=O)O.CC=C(C)C(=O)O. The highest BCUT2D eigenvalue weighted by molar-refractivity contribution is 5.85. The van der Waals surface area contributed by atoms with Gasteiger partial charge in [-0.15, -0.1) is 0 Å². The van der Waals surface area contributed by atoms with Crippen LogP contribution in [0.1, 0.15) is 55.4 Å². The number of carboxylic acids is 2. The second-order valence-corrected chi connectivity index (χ2v) is 7.05. The minimum atomic E-state index is -0.884. The summed E-state index contributed by atoms with van der Waals surface area (Å²) in [4.78, 5) is 30.3. The number of aliphatic carboxylic acids is 2. The van der Waals surface area contributed by atoms with E-state index in [1.165, 1.54) is 6.08 Å². The van der Waals surface area contributed by atoms with Crippen LogP contribution in [0.15, 0.2) is 36.5 Å². The topological polar surface area (TPSA) is 101 Å². The van der Waals surface area contributed by atoms with Crippen molar-refractivity contribution in [3.8, 4) is 0 Å². The molecule has 2 N–H and O–H groups in total. The number of carboxylic acid groups (broad SMARTS) is 2. The van der Waals surface area contributed by atoms with Crippen molar-refractivity contribution in [1.82, 2.24) is 0 Å². The van der Waals surface area contributed by atoms with Crippen LogP contribution in [0, 0.1) is 5.41 Å². The van der Waals surface area contributed by atoms with E-state index in [2.05, 4.69) is 6.58 Å². The fourth-order valence-electron chi connectivity index (χ4n) is 0.788. The monoisotopic (exact) mass is 356 g/mol. The van der Waals surface area contributed by atoms with E-state index < -0.39 is 17.5 Å². The fraction of sp³-hybridized carbons (Fsp3) is 0.526. The van der Waals surface area contributed by atoms with Gasteiger partial charge in [-0.25, -0.2) is 14.4 Å². The average Bonchev–Trinajstić information content (AvgIpc) is 2.43. The molecule has 0 heterocycles. The highest BCUT2D eigenvalue weighted by Crippen LogP contribution is 2.13. The predicted octanol–water partition coefficient (Wildman–Crippen LogP) is 4.22. The van der Waals surface area contributed by atoms with Crippen molar-refractivity contribution in [3.05, 3.63) is 36.5 Å². The van der Waals surface area contributed by atoms with Gasteiger partial charge in [0.15, 0.2) is 0 Å². The highest BCUT2D eigenvalue weighted by Gasteiger charge is 2.12. The van der Waals surface area contributed by atoms with Gasteiger partial charge in [-0.3, -0.25) is 0 Å². The number of allylic oxidation sites excluding steroid dienone is 2. The van der Waals surface area contributed by atoms with Crippen molar-refractivity contribution >= 4 is 17.9 Å². The summed E-state index contributed by atoms with van der Waals surface area (Å²) in [6.07, 6.45) is 5.54. The summed E-state index contributed by atoms with van der Waals surface area (Å²) in [6, 6.07) is 0. The summed E-state index contributed by atoms with van der Waals surface area (Å²) in [7, 11) is 0. The molecule has 0 atom stereocenters. The van der Waals surface area contributed by atoms with E-state index in [1.54, 1.807) is 26.0 Å². The first kappa shape index (κ1) is 27.5. The molecule has 0 aliphatic carbocycles. The van der Waals surface area contributed by atoms with Crippen molar-refractivity contribution in [1.29, 1.82) is 0 Å². The van der Waals surface area contributed by atoms with E-state index in [0.29, 0.717) is 5.57 Å². The lowest BCUT2D eigenvalue weighted by Gasteiger charge is -2.17. The normalized spacial score (nSPS) is 11.4. The van der Waals surface area contributed by atoms with Crippen LogP contribution in [-0.2, 0) is 19.1 Å². The van der Waals surface area contributed by atoms with Gasteiger partial charge in [0.2, 0.25) is 0 Å². The number of esters is 1. The van der Waals surface area contributed by atoms with Crippen LogP contribution in [0.5, 0.6) is 0 Å². The molecule has 0 bridgehead atoms. The number of hydrogen-bond donors (Lipinski definition) is 2. The van der Waals surface area contributed by atoms with Crippen molar-refractivity contribution in [2.75, 3.05) is 0 Å². The Balaban J connectivity index is -0.000000293. The third-order valence-corrected chi connectivity index (χ3v) is 2.07. The summed E-state index contributed by atoms with van der Waals surface area (Å²) in [6.45, 7) is 17.8. The molecule has 0 aromatic heterocycles. The molecule has 0 aromatic rings. The van der Waals surface area contributed by atoms with Crippen molar-refractivity contribution in [3.63, 3.8) is 0 Å². The molecule has 25 heavy (non-hydrogen) atoms. The molecular formula is C19H32O6. The molecule has 0 spiro atoms. The molecule has 0 saturated carbocycles. The van der Waals surface area contributed by atoms with E-state index >= 15 is 0 Å². The Morgan fingerprint density at radius 2 is 1.44 bits per heavy atom. The van der Waals surface area contributed by atoms with Crippen LogP contribution in [-0.4, -0.2) is 33.7 Å². The lowest BCUT2D eigenvalue weighted by molar-refractivity contribution is -0.148. The van der Waals surface area contributed by atoms with Crippen LogP contribution < -0.4 is 0 Å². The molecule has 0 rings (SSSR count).